The van der Waals surface area contributed by atoms with E-state index in [0.29, 0.717) is 35.1 Å². The van der Waals surface area contributed by atoms with Crippen molar-refractivity contribution in [2.45, 2.75) is 19.8 Å². The number of benzene rings is 2. The molecule has 0 spiro atoms. The first-order chi connectivity index (χ1) is 17.4. The number of rotatable bonds is 7. The predicted molar refractivity (Wildman–Crippen MR) is 130 cm³/mol. The summed E-state index contributed by atoms with van der Waals surface area (Å²) in [6, 6.07) is 10.3. The summed E-state index contributed by atoms with van der Waals surface area (Å²) in [4.78, 5) is 16.2. The Kier molecular flexibility index (Phi) is 6.51. The molecule has 4 aromatic rings. The number of fused-ring (bicyclic) bond motifs is 1. The molecule has 1 fully saturated rings. The van der Waals surface area contributed by atoms with Gasteiger partial charge in [-0.1, -0.05) is 6.07 Å². The number of hydrogen-bond acceptors (Lipinski definition) is 6. The number of carbonyl (C=O) groups is 1. The van der Waals surface area contributed by atoms with Gasteiger partial charge < -0.3 is 20.5 Å². The van der Waals surface area contributed by atoms with Gasteiger partial charge in [0.2, 0.25) is 11.8 Å². The summed E-state index contributed by atoms with van der Waals surface area (Å²) in [5, 5.41) is 8.02. The van der Waals surface area contributed by atoms with E-state index < -0.39 is 17.5 Å². The Hall–Kier alpha value is -4.05. The van der Waals surface area contributed by atoms with E-state index in [-0.39, 0.29) is 11.6 Å². The second-order valence-corrected chi connectivity index (χ2v) is 8.78. The normalized spacial score (nSPS) is 14.2. The molecule has 1 aliphatic rings. The van der Waals surface area contributed by atoms with Crippen molar-refractivity contribution in [3.05, 3.63) is 71.4 Å². The highest BCUT2D eigenvalue weighted by atomic mass is 19.2. The number of anilines is 1. The third-order valence-corrected chi connectivity index (χ3v) is 6.27. The first-order valence-corrected chi connectivity index (χ1v) is 11.6. The zero-order chi connectivity index (χ0) is 25.2. The molecular formula is C26H25F2N5O3. The van der Waals surface area contributed by atoms with Crippen molar-refractivity contribution in [1.82, 2.24) is 14.6 Å². The number of nitrogens with one attached hydrogen (secondary N) is 1. The maximum Gasteiger partial charge on any atom is 0.248 e. The van der Waals surface area contributed by atoms with E-state index in [0.717, 1.165) is 49.3 Å². The molecule has 36 heavy (non-hydrogen) atoms. The molecule has 0 atom stereocenters. The first-order valence-electron chi connectivity index (χ1n) is 11.6. The highest BCUT2D eigenvalue weighted by Gasteiger charge is 2.18. The summed E-state index contributed by atoms with van der Waals surface area (Å²) < 4.78 is 40.0. The van der Waals surface area contributed by atoms with Crippen LogP contribution in [0.2, 0.25) is 0 Å². The lowest BCUT2D eigenvalue weighted by molar-refractivity contribution is 0.0699. The molecule has 1 saturated heterocycles. The minimum Gasteiger partial charge on any atom is -0.437 e. The maximum absolute atomic E-state index is 13.8. The highest BCUT2D eigenvalue weighted by molar-refractivity contribution is 5.94. The third kappa shape index (κ3) is 4.85. The number of amides is 1. The van der Waals surface area contributed by atoms with Crippen molar-refractivity contribution in [2.24, 2.45) is 11.7 Å². The Balaban J connectivity index is 1.55. The van der Waals surface area contributed by atoms with Gasteiger partial charge in [0, 0.05) is 43.0 Å². The van der Waals surface area contributed by atoms with E-state index >= 15 is 0 Å². The van der Waals surface area contributed by atoms with Gasteiger partial charge in [-0.3, -0.25) is 4.79 Å². The summed E-state index contributed by atoms with van der Waals surface area (Å²) in [6.45, 7) is 3.98. The number of ether oxygens (including phenoxy) is 2. The number of nitrogens with zero attached hydrogens (tertiary/aromatic N) is 3. The molecule has 0 unspecified atom stereocenters. The molecular weight excluding hydrogens is 468 g/mol. The van der Waals surface area contributed by atoms with Crippen molar-refractivity contribution in [3.8, 4) is 22.9 Å². The zero-order valence-corrected chi connectivity index (χ0v) is 19.6. The number of halogens is 2. The quantitative estimate of drug-likeness (QED) is 0.386. The van der Waals surface area contributed by atoms with E-state index in [9.17, 15) is 13.6 Å². The van der Waals surface area contributed by atoms with Gasteiger partial charge in [0.1, 0.15) is 5.75 Å². The molecule has 10 heteroatoms. The minimum absolute atomic E-state index is 0.111. The molecule has 2 aromatic heterocycles. The smallest absolute Gasteiger partial charge is 0.248 e. The fraction of sp³-hybridized carbons (Fsp3) is 0.269. The Labute approximate surface area is 206 Å². The fourth-order valence-electron chi connectivity index (χ4n) is 4.29. The molecule has 0 bridgehead atoms. The van der Waals surface area contributed by atoms with Gasteiger partial charge in [-0.25, -0.2) is 18.3 Å². The molecule has 3 heterocycles. The van der Waals surface area contributed by atoms with Crippen molar-refractivity contribution < 1.29 is 23.0 Å². The molecule has 8 nitrogen and oxygen atoms in total. The van der Waals surface area contributed by atoms with Gasteiger partial charge in [-0.15, -0.1) is 5.10 Å². The van der Waals surface area contributed by atoms with Crippen LogP contribution in [0, 0.1) is 24.5 Å². The average Bonchev–Trinajstić information content (AvgIpc) is 3.29. The first kappa shape index (κ1) is 23.7. The van der Waals surface area contributed by atoms with E-state index in [4.69, 9.17) is 15.2 Å². The van der Waals surface area contributed by atoms with E-state index in [1.165, 1.54) is 6.07 Å². The van der Waals surface area contributed by atoms with Crippen LogP contribution in [-0.4, -0.2) is 40.3 Å². The molecule has 2 aromatic carbocycles. The van der Waals surface area contributed by atoms with Crippen molar-refractivity contribution in [3.63, 3.8) is 0 Å². The number of carbonyl (C=O) groups excluding carboxylic acids is 1. The predicted octanol–water partition coefficient (Wildman–Crippen LogP) is 4.71. The van der Waals surface area contributed by atoms with E-state index in [1.54, 1.807) is 35.8 Å². The third-order valence-electron chi connectivity index (χ3n) is 6.27. The number of primary amides is 1. The molecule has 0 saturated carbocycles. The lowest BCUT2D eigenvalue weighted by Gasteiger charge is -2.22. The standard InChI is InChI=1S/C26H25F2N5O3/c1-15-10-17(2-4-19(15)25(29)34)23-14-31-26-22(30-13-16-6-8-35-9-7-16)12-24(32-33(23)26)36-18-3-5-20(27)21(28)11-18/h2-5,10-12,14,16,30H,6-9,13H2,1H3,(H2,29,34). The zero-order valence-electron chi connectivity index (χ0n) is 19.6. The van der Waals surface area contributed by atoms with Gasteiger partial charge in [0.25, 0.3) is 0 Å². The van der Waals surface area contributed by atoms with Crippen LogP contribution in [-0.2, 0) is 4.74 Å². The van der Waals surface area contributed by atoms with Crippen molar-refractivity contribution in [2.75, 3.05) is 25.1 Å². The Bertz CT molecular complexity index is 1430. The van der Waals surface area contributed by atoms with Gasteiger partial charge in [0.05, 0.1) is 17.6 Å². The van der Waals surface area contributed by atoms with Gasteiger partial charge >= 0.3 is 0 Å². The van der Waals surface area contributed by atoms with Crippen LogP contribution in [0.5, 0.6) is 11.6 Å². The van der Waals surface area contributed by atoms with Crippen LogP contribution in [0.25, 0.3) is 16.9 Å². The molecule has 0 aliphatic carbocycles. The maximum atomic E-state index is 13.8. The SMILES string of the molecule is Cc1cc(-c2cnc3c(NCC4CCOCC4)cc(Oc4ccc(F)c(F)c4)nn23)ccc1C(N)=O. The van der Waals surface area contributed by atoms with Gasteiger partial charge in [-0.2, -0.15) is 0 Å². The second kappa shape index (κ2) is 9.90. The van der Waals surface area contributed by atoms with Crippen LogP contribution in [0.3, 0.4) is 0 Å². The Morgan fingerprint density at radius 3 is 2.69 bits per heavy atom. The molecule has 0 radical (unpaired) electrons. The highest BCUT2D eigenvalue weighted by Crippen LogP contribution is 2.30. The Morgan fingerprint density at radius 1 is 1.17 bits per heavy atom. The van der Waals surface area contributed by atoms with Crippen molar-refractivity contribution in [1.29, 1.82) is 0 Å². The largest absolute Gasteiger partial charge is 0.437 e. The van der Waals surface area contributed by atoms with E-state index in [1.807, 2.05) is 6.07 Å². The number of hydrogen-bond donors (Lipinski definition) is 2. The summed E-state index contributed by atoms with van der Waals surface area (Å²) >= 11 is 0. The molecule has 186 valence electrons. The number of nitrogens with two attached hydrogens (primary N) is 1. The fourth-order valence-corrected chi connectivity index (χ4v) is 4.29. The Morgan fingerprint density at radius 2 is 1.97 bits per heavy atom. The molecule has 1 aliphatic heterocycles. The van der Waals surface area contributed by atoms with Gasteiger partial charge in [-0.05, 0) is 55.5 Å². The van der Waals surface area contributed by atoms with Crippen LogP contribution in [0.15, 0.2) is 48.7 Å². The lowest BCUT2D eigenvalue weighted by atomic mass is 10.0. The lowest BCUT2D eigenvalue weighted by Crippen LogP contribution is -2.23. The molecule has 3 N–H and O–H groups in total. The summed E-state index contributed by atoms with van der Waals surface area (Å²) in [6.07, 6.45) is 3.59. The number of aryl methyl sites for hydroxylation is 1. The number of imidazole rings is 1. The molecule has 1 amide bonds. The summed E-state index contributed by atoms with van der Waals surface area (Å²) in [5.41, 5.74) is 9.30. The summed E-state index contributed by atoms with van der Waals surface area (Å²) in [7, 11) is 0. The van der Waals surface area contributed by atoms with Crippen molar-refractivity contribution >= 4 is 17.2 Å². The summed E-state index contributed by atoms with van der Waals surface area (Å²) in [5.74, 6) is -1.75. The van der Waals surface area contributed by atoms with E-state index in [2.05, 4.69) is 15.4 Å². The van der Waals surface area contributed by atoms with Crippen LogP contribution >= 0.6 is 0 Å². The minimum atomic E-state index is -1.01. The average molecular weight is 494 g/mol. The van der Waals surface area contributed by atoms with Crippen LogP contribution in [0.1, 0.15) is 28.8 Å². The van der Waals surface area contributed by atoms with Gasteiger partial charge in [0.15, 0.2) is 17.3 Å². The molecule has 5 rings (SSSR count). The topological polar surface area (TPSA) is 104 Å². The second-order valence-electron chi connectivity index (χ2n) is 8.78. The number of aromatic nitrogens is 3. The monoisotopic (exact) mass is 493 g/mol. The van der Waals surface area contributed by atoms with Crippen LogP contribution < -0.4 is 15.8 Å². The van der Waals surface area contributed by atoms with Crippen LogP contribution in [0.4, 0.5) is 14.5 Å².